The van der Waals surface area contributed by atoms with Crippen molar-refractivity contribution in [2.75, 3.05) is 33.6 Å². The zero-order chi connectivity index (χ0) is 39.8. The van der Waals surface area contributed by atoms with E-state index in [0.29, 0.717) is 36.6 Å². The minimum Gasteiger partial charge on any atom is -0.497 e. The molecule has 55 heavy (non-hydrogen) atoms. The van der Waals surface area contributed by atoms with Crippen molar-refractivity contribution < 1.29 is 40.5 Å². The first-order chi connectivity index (χ1) is 26.1. The molecule has 1 unspecified atom stereocenters. The minimum atomic E-state index is -4.08. The third-order valence-electron chi connectivity index (χ3n) is 10.0. The van der Waals surface area contributed by atoms with Crippen LogP contribution < -0.4 is 25.2 Å². The van der Waals surface area contributed by atoms with Crippen molar-refractivity contribution in [3.63, 3.8) is 0 Å². The van der Waals surface area contributed by atoms with Gasteiger partial charge in [0.05, 0.1) is 33.1 Å². The van der Waals surface area contributed by atoms with Crippen molar-refractivity contribution >= 4 is 40.6 Å². The van der Waals surface area contributed by atoms with Crippen LogP contribution in [0.4, 0.5) is 4.39 Å². The van der Waals surface area contributed by atoms with Crippen molar-refractivity contribution in [3.8, 4) is 11.5 Å². The Morgan fingerprint density at radius 1 is 0.927 bits per heavy atom. The van der Waals surface area contributed by atoms with Crippen LogP contribution in [0.15, 0.2) is 103 Å². The average molecular weight is 791 g/mol. The molecule has 1 aliphatic heterocycles. The number of nitrogens with zero attached hydrogens (tertiary/aromatic N) is 1. The van der Waals surface area contributed by atoms with E-state index in [1.165, 1.54) is 24.3 Å². The third-order valence-corrected chi connectivity index (χ3v) is 15.6. The second kappa shape index (κ2) is 17.9. The smallest absolute Gasteiger partial charge is 0.265 e. The summed E-state index contributed by atoms with van der Waals surface area (Å²) in [6.45, 7) is 7.32. The lowest BCUT2D eigenvalue weighted by atomic mass is 9.98. The van der Waals surface area contributed by atoms with Crippen LogP contribution in [-0.2, 0) is 41.3 Å². The van der Waals surface area contributed by atoms with E-state index in [2.05, 4.69) is 50.4 Å². The molecule has 0 saturated carbocycles. The summed E-state index contributed by atoms with van der Waals surface area (Å²) in [7, 11) is -4.01. The maximum Gasteiger partial charge on any atom is 0.265 e. The van der Waals surface area contributed by atoms with E-state index in [1.807, 2.05) is 48.5 Å². The molecular weight excluding hydrogens is 740 g/mol. The Morgan fingerprint density at radius 2 is 1.55 bits per heavy atom. The van der Waals surface area contributed by atoms with Crippen molar-refractivity contribution in [2.45, 2.75) is 63.8 Å². The zero-order valence-corrected chi connectivity index (χ0v) is 34.1. The van der Waals surface area contributed by atoms with Gasteiger partial charge >= 0.3 is 0 Å². The fourth-order valence-electron chi connectivity index (χ4n) is 7.38. The highest BCUT2D eigenvalue weighted by Gasteiger charge is 2.50. The number of carbonyl (C=O) groups is 2. The molecule has 10 nitrogen and oxygen atoms in total. The van der Waals surface area contributed by atoms with Gasteiger partial charge in [-0.1, -0.05) is 93.6 Å². The fourth-order valence-corrected chi connectivity index (χ4v) is 12.6. The van der Waals surface area contributed by atoms with Crippen LogP contribution in [-0.4, -0.2) is 79.2 Å². The molecular formula is C42H51FN2O8SSi. The zero-order valence-electron chi connectivity index (χ0n) is 32.3. The molecule has 13 heteroatoms. The molecule has 1 N–H and O–H groups in total. The summed E-state index contributed by atoms with van der Waals surface area (Å²) >= 11 is 0. The highest BCUT2D eigenvalue weighted by molar-refractivity contribution is 7.86. The summed E-state index contributed by atoms with van der Waals surface area (Å²) in [6.07, 6.45) is 0.0872. The summed E-state index contributed by atoms with van der Waals surface area (Å²) < 4.78 is 62.0. The second-order valence-electron chi connectivity index (χ2n) is 15.0. The lowest BCUT2D eigenvalue weighted by Crippen LogP contribution is -2.67. The number of hydrogen-bond acceptors (Lipinski definition) is 8. The lowest BCUT2D eigenvalue weighted by Gasteiger charge is -2.44. The van der Waals surface area contributed by atoms with Gasteiger partial charge in [-0.15, -0.1) is 0 Å². The lowest BCUT2D eigenvalue weighted by molar-refractivity contribution is -0.133. The Labute approximate surface area is 325 Å². The summed E-state index contributed by atoms with van der Waals surface area (Å²) in [4.78, 5) is 29.9. The number of amides is 2. The molecule has 0 aliphatic carbocycles. The van der Waals surface area contributed by atoms with E-state index >= 15 is 0 Å². The quantitative estimate of drug-likeness (QED) is 0.114. The number of nitrogens with one attached hydrogen (secondary N) is 1. The molecule has 1 saturated heterocycles. The van der Waals surface area contributed by atoms with E-state index in [4.69, 9.17) is 18.1 Å². The Bertz CT molecular complexity index is 1970. The van der Waals surface area contributed by atoms with Crippen LogP contribution in [0.2, 0.25) is 5.04 Å². The highest BCUT2D eigenvalue weighted by atomic mass is 32.2. The van der Waals surface area contributed by atoms with Crippen LogP contribution >= 0.6 is 0 Å². The van der Waals surface area contributed by atoms with E-state index in [-0.39, 0.29) is 30.4 Å². The minimum absolute atomic E-state index is 0.0389. The van der Waals surface area contributed by atoms with Gasteiger partial charge in [-0.2, -0.15) is 8.42 Å². The maximum atomic E-state index is 14.1. The average Bonchev–Trinajstić information content (AvgIpc) is 3.49. The van der Waals surface area contributed by atoms with Crippen LogP contribution in [0.1, 0.15) is 44.7 Å². The number of ether oxygens (including phenoxy) is 2. The maximum absolute atomic E-state index is 14.1. The summed E-state index contributed by atoms with van der Waals surface area (Å²) in [5.74, 6) is -0.423. The molecule has 3 atom stereocenters. The van der Waals surface area contributed by atoms with E-state index < -0.39 is 48.2 Å². The number of benzene rings is 4. The number of methoxy groups -OCH3 is 2. The number of likely N-dealkylation sites (tertiary alicyclic amines) is 1. The molecule has 2 amide bonds. The van der Waals surface area contributed by atoms with Crippen LogP contribution in [0.25, 0.3) is 0 Å². The Balaban J connectivity index is 1.47. The summed E-state index contributed by atoms with van der Waals surface area (Å²) in [5.41, 5.74) is 1.35. The number of rotatable bonds is 17. The van der Waals surface area contributed by atoms with Crippen molar-refractivity contribution in [1.29, 1.82) is 0 Å². The van der Waals surface area contributed by atoms with Crippen molar-refractivity contribution in [3.05, 3.63) is 120 Å². The van der Waals surface area contributed by atoms with Gasteiger partial charge < -0.3 is 24.1 Å². The van der Waals surface area contributed by atoms with E-state index in [1.54, 1.807) is 25.2 Å². The predicted molar refractivity (Wildman–Crippen MR) is 213 cm³/mol. The number of halogens is 1. The van der Waals surface area contributed by atoms with Gasteiger partial charge in [0.2, 0.25) is 5.91 Å². The van der Waals surface area contributed by atoms with Crippen LogP contribution in [0, 0.1) is 11.7 Å². The normalized spacial score (nSPS) is 16.1. The summed E-state index contributed by atoms with van der Waals surface area (Å²) in [5, 5.41) is 4.75. The molecule has 0 aromatic heterocycles. The molecule has 1 heterocycles. The first-order valence-corrected chi connectivity index (χ1v) is 22.0. The standard InChI is InChI=1S/C42H51FN2O8SSi/c1-42(2,3)55(36-13-9-7-10-14-36,37-15-11-8-12-16-37)52-29-34(44-40(46)39(53-54(6,48)49)25-30-17-20-33(43)21-18-30)26-31-23-24-45(41(31)47)28-32-19-22-35(50-4)27-38(32)51-5/h7-22,27,31,34,39H,23-26,28-29H2,1-6H3,(H,44,46)/t31-,34?,39-/m0/s1. The first-order valence-electron chi connectivity index (χ1n) is 18.3. The molecule has 0 spiro atoms. The second-order valence-corrected chi connectivity index (χ2v) is 20.9. The summed E-state index contributed by atoms with van der Waals surface area (Å²) in [6, 6.07) is 30.4. The Morgan fingerprint density at radius 3 is 2.09 bits per heavy atom. The molecule has 4 aromatic carbocycles. The fraction of sp³-hybridized carbons (Fsp3) is 0.381. The largest absolute Gasteiger partial charge is 0.497 e. The van der Waals surface area contributed by atoms with Gasteiger partial charge in [0.1, 0.15) is 17.3 Å². The topological polar surface area (TPSA) is 120 Å². The van der Waals surface area contributed by atoms with Crippen LogP contribution in [0.3, 0.4) is 0 Å². The molecule has 0 radical (unpaired) electrons. The first kappa shape index (κ1) is 41.6. The molecule has 1 fully saturated rings. The predicted octanol–water partition coefficient (Wildman–Crippen LogP) is 5.23. The van der Waals surface area contributed by atoms with Gasteiger partial charge in [0.15, 0.2) is 6.10 Å². The van der Waals surface area contributed by atoms with Crippen molar-refractivity contribution in [2.24, 2.45) is 5.92 Å². The molecule has 5 rings (SSSR count). The van der Waals surface area contributed by atoms with Gasteiger partial charge in [-0.25, -0.2) is 4.39 Å². The SMILES string of the molecule is COc1ccc(CN2CC[C@@H](CC(CO[Si](c3ccccc3)(c3ccccc3)C(C)(C)C)NC(=O)[C@H](Cc3ccc(F)cc3)OS(C)(=O)=O)C2=O)c(OC)c1. The Hall–Kier alpha value is -4.56. The molecule has 294 valence electrons. The van der Waals surface area contributed by atoms with Gasteiger partial charge in [0.25, 0.3) is 24.3 Å². The van der Waals surface area contributed by atoms with Gasteiger partial charge in [-0.05, 0) is 58.1 Å². The monoisotopic (exact) mass is 790 g/mol. The molecule has 4 aromatic rings. The van der Waals surface area contributed by atoms with Gasteiger partial charge in [0, 0.05) is 37.1 Å². The van der Waals surface area contributed by atoms with E-state index in [0.717, 1.165) is 22.2 Å². The molecule has 0 bridgehead atoms. The van der Waals surface area contributed by atoms with Crippen molar-refractivity contribution in [1.82, 2.24) is 10.2 Å². The third kappa shape index (κ3) is 10.4. The van der Waals surface area contributed by atoms with Crippen LogP contribution in [0.5, 0.6) is 11.5 Å². The Kier molecular flexibility index (Phi) is 13.6. The van der Waals surface area contributed by atoms with E-state index in [9.17, 15) is 22.4 Å². The highest BCUT2D eigenvalue weighted by Crippen LogP contribution is 2.37. The number of carbonyl (C=O) groups excluding carboxylic acids is 2. The number of hydrogen-bond donors (Lipinski definition) is 1. The van der Waals surface area contributed by atoms with Gasteiger partial charge in [-0.3, -0.25) is 13.8 Å². The molecule has 1 aliphatic rings.